The Morgan fingerprint density at radius 2 is 2.12 bits per heavy atom. The third kappa shape index (κ3) is 2.01. The molecule has 1 atom stereocenters. The highest BCUT2D eigenvalue weighted by molar-refractivity contribution is 5.43. The fraction of sp³-hybridized carbons (Fsp3) is 0.600. The van der Waals surface area contributed by atoms with Crippen molar-refractivity contribution >= 4 is 0 Å². The normalized spacial score (nSPS) is 22.1. The lowest BCUT2D eigenvalue weighted by molar-refractivity contribution is 0.481. The molecule has 0 aliphatic heterocycles. The molecule has 1 aliphatic rings. The van der Waals surface area contributed by atoms with Crippen LogP contribution in [0.5, 0.6) is 0 Å². The summed E-state index contributed by atoms with van der Waals surface area (Å²) >= 11 is 0. The third-order valence-corrected chi connectivity index (χ3v) is 3.79. The molecule has 0 amide bonds. The predicted octanol–water partition coefficient (Wildman–Crippen LogP) is 3.71. The predicted molar refractivity (Wildman–Crippen MR) is 69.6 cm³/mol. The molecular formula is C15H23N. The summed E-state index contributed by atoms with van der Waals surface area (Å²) in [6, 6.07) is 7.16. The Hall–Kier alpha value is -0.820. The quantitative estimate of drug-likeness (QED) is 0.820. The number of fused-ring (bicyclic) bond motifs is 1. The molecule has 0 spiro atoms. The van der Waals surface area contributed by atoms with Crippen LogP contribution < -0.4 is 5.73 Å². The molecule has 1 aliphatic carbocycles. The summed E-state index contributed by atoms with van der Waals surface area (Å²) in [6.45, 7) is 6.83. The van der Waals surface area contributed by atoms with E-state index in [0.717, 1.165) is 6.42 Å². The molecule has 2 N–H and O–H groups in total. The van der Waals surface area contributed by atoms with Crippen LogP contribution >= 0.6 is 0 Å². The van der Waals surface area contributed by atoms with Gasteiger partial charge in [0, 0.05) is 6.04 Å². The van der Waals surface area contributed by atoms with Crippen LogP contribution in [0.1, 0.15) is 62.8 Å². The van der Waals surface area contributed by atoms with Gasteiger partial charge in [-0.3, -0.25) is 0 Å². The molecule has 0 fully saturated rings. The van der Waals surface area contributed by atoms with Crippen LogP contribution in [-0.4, -0.2) is 0 Å². The summed E-state index contributed by atoms with van der Waals surface area (Å²) in [5.74, 6) is 0. The van der Waals surface area contributed by atoms with Crippen molar-refractivity contribution in [2.24, 2.45) is 5.73 Å². The molecule has 1 heteroatoms. The highest BCUT2D eigenvalue weighted by Crippen LogP contribution is 2.43. The van der Waals surface area contributed by atoms with Gasteiger partial charge in [-0.2, -0.15) is 0 Å². The third-order valence-electron chi connectivity index (χ3n) is 3.79. The van der Waals surface area contributed by atoms with Gasteiger partial charge in [0.15, 0.2) is 0 Å². The molecule has 88 valence electrons. The van der Waals surface area contributed by atoms with Crippen molar-refractivity contribution in [1.29, 1.82) is 0 Å². The van der Waals surface area contributed by atoms with E-state index < -0.39 is 0 Å². The Morgan fingerprint density at radius 1 is 1.38 bits per heavy atom. The zero-order chi connectivity index (χ0) is 11.8. The smallest absolute Gasteiger partial charge is 0.0306 e. The first-order valence-corrected chi connectivity index (χ1v) is 6.43. The maximum Gasteiger partial charge on any atom is 0.0306 e. The number of benzene rings is 1. The van der Waals surface area contributed by atoms with E-state index in [-0.39, 0.29) is 11.5 Å². The van der Waals surface area contributed by atoms with Gasteiger partial charge >= 0.3 is 0 Å². The molecule has 2 rings (SSSR count). The summed E-state index contributed by atoms with van der Waals surface area (Å²) in [7, 11) is 0. The van der Waals surface area contributed by atoms with Crippen molar-refractivity contribution in [1.82, 2.24) is 0 Å². The molecule has 16 heavy (non-hydrogen) atoms. The summed E-state index contributed by atoms with van der Waals surface area (Å²) in [4.78, 5) is 0. The second-order valence-corrected chi connectivity index (χ2v) is 5.72. The Morgan fingerprint density at radius 3 is 2.81 bits per heavy atom. The molecule has 1 aromatic rings. The van der Waals surface area contributed by atoms with E-state index in [0.29, 0.717) is 0 Å². The number of aryl methyl sites for hydroxylation is 1. The van der Waals surface area contributed by atoms with Crippen molar-refractivity contribution in [2.75, 3.05) is 0 Å². The van der Waals surface area contributed by atoms with Gasteiger partial charge < -0.3 is 5.73 Å². The molecule has 0 bridgehead atoms. The van der Waals surface area contributed by atoms with Crippen molar-refractivity contribution in [3.8, 4) is 0 Å². The lowest BCUT2D eigenvalue weighted by atomic mass is 9.86. The van der Waals surface area contributed by atoms with E-state index in [2.05, 4.69) is 39.0 Å². The average Bonchev–Trinajstić information content (AvgIpc) is 2.46. The lowest BCUT2D eigenvalue weighted by Gasteiger charge is -2.18. The molecule has 0 aromatic heterocycles. The number of nitrogens with two attached hydrogens (primary N) is 1. The molecule has 0 saturated carbocycles. The molecule has 0 radical (unpaired) electrons. The van der Waals surface area contributed by atoms with E-state index in [4.69, 9.17) is 5.73 Å². The van der Waals surface area contributed by atoms with Gasteiger partial charge in [0.2, 0.25) is 0 Å². The van der Waals surface area contributed by atoms with E-state index in [1.807, 2.05) is 0 Å². The SMILES string of the molecule is CCCCc1ccc2c(c1)[C@H](N)CC2(C)C. The van der Waals surface area contributed by atoms with Crippen LogP contribution in [0, 0.1) is 0 Å². The van der Waals surface area contributed by atoms with Crippen LogP contribution in [0.15, 0.2) is 18.2 Å². The fourth-order valence-electron chi connectivity index (χ4n) is 2.84. The number of hydrogen-bond donors (Lipinski definition) is 1. The molecule has 1 nitrogen and oxygen atoms in total. The summed E-state index contributed by atoms with van der Waals surface area (Å²) < 4.78 is 0. The van der Waals surface area contributed by atoms with E-state index in [1.165, 1.54) is 36.0 Å². The summed E-state index contributed by atoms with van der Waals surface area (Å²) in [6.07, 6.45) is 4.81. The van der Waals surface area contributed by atoms with Crippen LogP contribution in [0.25, 0.3) is 0 Å². The molecular weight excluding hydrogens is 194 g/mol. The molecule has 1 aromatic carbocycles. The van der Waals surface area contributed by atoms with Crippen LogP contribution in [0.2, 0.25) is 0 Å². The number of hydrogen-bond acceptors (Lipinski definition) is 1. The minimum atomic E-state index is 0.242. The zero-order valence-electron chi connectivity index (χ0n) is 10.7. The molecule has 0 saturated heterocycles. The highest BCUT2D eigenvalue weighted by atomic mass is 14.7. The van der Waals surface area contributed by atoms with Gasteiger partial charge in [-0.05, 0) is 41.4 Å². The van der Waals surface area contributed by atoms with Crippen LogP contribution in [-0.2, 0) is 11.8 Å². The average molecular weight is 217 g/mol. The maximum absolute atomic E-state index is 6.22. The number of unbranched alkanes of at least 4 members (excludes halogenated alkanes) is 1. The maximum atomic E-state index is 6.22. The standard InChI is InChI=1S/C15H23N/c1-4-5-6-11-7-8-13-12(9-11)14(16)10-15(13,2)3/h7-9,14H,4-6,10,16H2,1-3H3/t14-/m1/s1. The Labute approximate surface area is 99.0 Å². The minimum Gasteiger partial charge on any atom is -0.324 e. The first-order valence-electron chi connectivity index (χ1n) is 6.43. The van der Waals surface area contributed by atoms with Gasteiger partial charge in [0.25, 0.3) is 0 Å². The summed E-state index contributed by atoms with van der Waals surface area (Å²) in [5, 5.41) is 0. The second-order valence-electron chi connectivity index (χ2n) is 5.72. The first-order chi connectivity index (χ1) is 7.54. The Bertz CT molecular complexity index is 379. The van der Waals surface area contributed by atoms with Gasteiger partial charge in [0.1, 0.15) is 0 Å². The van der Waals surface area contributed by atoms with Crippen LogP contribution in [0.4, 0.5) is 0 Å². The largest absolute Gasteiger partial charge is 0.324 e. The monoisotopic (exact) mass is 217 g/mol. The topological polar surface area (TPSA) is 26.0 Å². The van der Waals surface area contributed by atoms with E-state index in [9.17, 15) is 0 Å². The Kier molecular flexibility index (Phi) is 3.07. The van der Waals surface area contributed by atoms with Gasteiger partial charge in [0.05, 0.1) is 0 Å². The molecule has 0 heterocycles. The zero-order valence-corrected chi connectivity index (χ0v) is 10.7. The van der Waals surface area contributed by atoms with Gasteiger partial charge in [-0.1, -0.05) is 45.4 Å². The van der Waals surface area contributed by atoms with E-state index >= 15 is 0 Å². The van der Waals surface area contributed by atoms with Crippen LogP contribution in [0.3, 0.4) is 0 Å². The number of rotatable bonds is 3. The second kappa shape index (κ2) is 4.21. The van der Waals surface area contributed by atoms with Crippen molar-refractivity contribution in [3.05, 3.63) is 34.9 Å². The van der Waals surface area contributed by atoms with Crippen molar-refractivity contribution in [3.63, 3.8) is 0 Å². The summed E-state index contributed by atoms with van der Waals surface area (Å²) in [5.41, 5.74) is 10.8. The van der Waals surface area contributed by atoms with E-state index in [1.54, 1.807) is 0 Å². The lowest BCUT2D eigenvalue weighted by Crippen LogP contribution is -2.14. The Balaban J connectivity index is 2.29. The first kappa shape index (κ1) is 11.7. The van der Waals surface area contributed by atoms with Gasteiger partial charge in [-0.25, -0.2) is 0 Å². The minimum absolute atomic E-state index is 0.242. The van der Waals surface area contributed by atoms with Crippen molar-refractivity contribution in [2.45, 2.75) is 57.9 Å². The van der Waals surface area contributed by atoms with Gasteiger partial charge in [-0.15, -0.1) is 0 Å². The molecule has 0 unspecified atom stereocenters. The van der Waals surface area contributed by atoms with Crippen molar-refractivity contribution < 1.29 is 0 Å². The highest BCUT2D eigenvalue weighted by Gasteiger charge is 2.34. The fourth-order valence-corrected chi connectivity index (χ4v) is 2.84.